The molecule has 0 saturated carbocycles. The molecule has 0 bridgehead atoms. The molecule has 1 nitrogen and oxygen atoms in total. The average molecular weight is 220 g/mol. The monoisotopic (exact) mass is 220 g/mol. The third-order valence-electron chi connectivity index (χ3n) is 3.49. The van der Waals surface area contributed by atoms with E-state index in [1.54, 1.807) is 0 Å². The highest BCUT2D eigenvalue weighted by molar-refractivity contribution is 5.12. The number of aliphatic hydroxyl groups is 1. The lowest BCUT2D eigenvalue weighted by atomic mass is 9.87. The van der Waals surface area contributed by atoms with Crippen LogP contribution in [-0.2, 0) is 0 Å². The minimum atomic E-state index is -0.298. The number of rotatable bonds is 1. The Bertz CT molecular complexity index is 309. The van der Waals surface area contributed by atoms with E-state index in [1.807, 2.05) is 6.92 Å². The van der Waals surface area contributed by atoms with Gasteiger partial charge >= 0.3 is 0 Å². The predicted octanol–water partition coefficient (Wildman–Crippen LogP) is 4.01. The number of hydrogen-bond acceptors (Lipinski definition) is 1. The van der Waals surface area contributed by atoms with Crippen LogP contribution in [0.3, 0.4) is 0 Å². The number of allylic oxidation sites excluding steroid dienone is 4. The fourth-order valence-corrected chi connectivity index (χ4v) is 2.06. The molecule has 0 heterocycles. The van der Waals surface area contributed by atoms with Crippen molar-refractivity contribution in [1.29, 1.82) is 0 Å². The van der Waals surface area contributed by atoms with E-state index in [2.05, 4.69) is 32.6 Å². The number of aliphatic hydroxyl groups excluding tert-OH is 1. The van der Waals surface area contributed by atoms with Gasteiger partial charge in [-0.05, 0) is 57.9 Å². The average Bonchev–Trinajstić information content (AvgIpc) is 2.22. The van der Waals surface area contributed by atoms with E-state index in [0.717, 1.165) is 31.3 Å². The summed E-state index contributed by atoms with van der Waals surface area (Å²) in [7, 11) is 0. The van der Waals surface area contributed by atoms with Gasteiger partial charge in [0, 0.05) is 0 Å². The van der Waals surface area contributed by atoms with E-state index in [-0.39, 0.29) is 6.10 Å². The Morgan fingerprint density at radius 3 is 2.69 bits per heavy atom. The van der Waals surface area contributed by atoms with Gasteiger partial charge in [0.15, 0.2) is 0 Å². The second kappa shape index (κ2) is 6.05. The summed E-state index contributed by atoms with van der Waals surface area (Å²) in [4.78, 5) is 0. The lowest BCUT2D eigenvalue weighted by Gasteiger charge is -2.21. The van der Waals surface area contributed by atoms with Crippen molar-refractivity contribution in [3.63, 3.8) is 0 Å². The zero-order valence-corrected chi connectivity index (χ0v) is 10.8. The fraction of sp³-hybridized carbons (Fsp3) is 0.600. The molecule has 0 aromatic heterocycles. The van der Waals surface area contributed by atoms with Crippen molar-refractivity contribution in [3.8, 4) is 0 Å². The SMILES string of the molecule is C=C(C)[C@H]1C/C=C(/C)CC/C=C(\C)[C@@H](O)C1. The van der Waals surface area contributed by atoms with Gasteiger partial charge < -0.3 is 5.11 Å². The predicted molar refractivity (Wildman–Crippen MR) is 70.3 cm³/mol. The van der Waals surface area contributed by atoms with Crippen LogP contribution in [0, 0.1) is 5.92 Å². The highest BCUT2D eigenvalue weighted by atomic mass is 16.3. The van der Waals surface area contributed by atoms with Crippen LogP contribution in [0.25, 0.3) is 0 Å². The highest BCUT2D eigenvalue weighted by Gasteiger charge is 2.16. The summed E-state index contributed by atoms with van der Waals surface area (Å²) in [5.74, 6) is 0.409. The van der Waals surface area contributed by atoms with E-state index >= 15 is 0 Å². The Kier molecular flexibility index (Phi) is 5.01. The van der Waals surface area contributed by atoms with Crippen LogP contribution in [0.2, 0.25) is 0 Å². The van der Waals surface area contributed by atoms with Crippen molar-refractivity contribution < 1.29 is 5.11 Å². The first-order chi connectivity index (χ1) is 7.50. The summed E-state index contributed by atoms with van der Waals surface area (Å²) >= 11 is 0. The van der Waals surface area contributed by atoms with Crippen molar-refractivity contribution in [1.82, 2.24) is 0 Å². The number of hydrogen-bond donors (Lipinski definition) is 1. The second-order valence-corrected chi connectivity index (χ2v) is 5.07. The molecule has 0 spiro atoms. The summed E-state index contributed by atoms with van der Waals surface area (Å²) < 4.78 is 0. The summed E-state index contributed by atoms with van der Waals surface area (Å²) in [6, 6.07) is 0. The van der Waals surface area contributed by atoms with Gasteiger partial charge in [-0.15, -0.1) is 0 Å². The minimum Gasteiger partial charge on any atom is -0.389 e. The largest absolute Gasteiger partial charge is 0.389 e. The Morgan fingerprint density at radius 1 is 1.38 bits per heavy atom. The normalized spacial score (nSPS) is 34.5. The van der Waals surface area contributed by atoms with E-state index in [4.69, 9.17) is 0 Å². The van der Waals surface area contributed by atoms with Gasteiger partial charge in [-0.3, -0.25) is 0 Å². The third-order valence-corrected chi connectivity index (χ3v) is 3.49. The lowest BCUT2D eigenvalue weighted by molar-refractivity contribution is 0.182. The van der Waals surface area contributed by atoms with Gasteiger partial charge in [0.25, 0.3) is 0 Å². The Hall–Kier alpha value is -0.820. The molecule has 0 aromatic carbocycles. The first kappa shape index (κ1) is 13.2. The first-order valence-electron chi connectivity index (χ1n) is 6.16. The Balaban J connectivity index is 2.82. The third kappa shape index (κ3) is 3.97. The van der Waals surface area contributed by atoms with Crippen LogP contribution in [0.15, 0.2) is 35.5 Å². The van der Waals surface area contributed by atoms with E-state index in [9.17, 15) is 5.11 Å². The maximum Gasteiger partial charge on any atom is 0.0753 e. The summed E-state index contributed by atoms with van der Waals surface area (Å²) in [5, 5.41) is 10.1. The Morgan fingerprint density at radius 2 is 2.06 bits per heavy atom. The van der Waals surface area contributed by atoms with Crippen molar-refractivity contribution in [2.75, 3.05) is 0 Å². The topological polar surface area (TPSA) is 20.2 Å². The van der Waals surface area contributed by atoms with Crippen LogP contribution in [0.5, 0.6) is 0 Å². The summed E-state index contributed by atoms with van der Waals surface area (Å²) in [6.45, 7) is 10.3. The molecule has 2 atom stereocenters. The van der Waals surface area contributed by atoms with E-state index < -0.39 is 0 Å². The Labute approximate surface area is 99.6 Å². The molecule has 0 unspecified atom stereocenters. The van der Waals surface area contributed by atoms with Gasteiger partial charge in [-0.1, -0.05) is 29.9 Å². The van der Waals surface area contributed by atoms with Gasteiger partial charge in [-0.25, -0.2) is 0 Å². The smallest absolute Gasteiger partial charge is 0.0753 e. The van der Waals surface area contributed by atoms with Crippen molar-refractivity contribution in [2.24, 2.45) is 5.92 Å². The van der Waals surface area contributed by atoms with Gasteiger partial charge in [0.05, 0.1) is 6.10 Å². The standard InChI is InChI=1S/C15H24O/c1-11(2)14-9-8-12(3)6-5-7-13(4)15(16)10-14/h7-8,14-16H,1,5-6,9-10H2,2-4H3/b12-8-,13-7+/t14-,15-/m0/s1. The molecule has 90 valence electrons. The van der Waals surface area contributed by atoms with Crippen LogP contribution >= 0.6 is 0 Å². The quantitative estimate of drug-likeness (QED) is 0.662. The van der Waals surface area contributed by atoms with Crippen LogP contribution in [0.1, 0.15) is 46.5 Å². The molecule has 1 aliphatic carbocycles. The molecule has 0 fully saturated rings. The molecule has 1 aliphatic rings. The van der Waals surface area contributed by atoms with Gasteiger partial charge in [0.1, 0.15) is 0 Å². The molecule has 1 heteroatoms. The molecule has 0 aromatic rings. The second-order valence-electron chi connectivity index (χ2n) is 5.07. The molecule has 1 rings (SSSR count). The molecule has 0 amide bonds. The van der Waals surface area contributed by atoms with Gasteiger partial charge in [-0.2, -0.15) is 0 Å². The highest BCUT2D eigenvalue weighted by Crippen LogP contribution is 2.25. The van der Waals surface area contributed by atoms with Gasteiger partial charge in [0.2, 0.25) is 0 Å². The van der Waals surface area contributed by atoms with Crippen LogP contribution in [-0.4, -0.2) is 11.2 Å². The van der Waals surface area contributed by atoms with Crippen LogP contribution in [0.4, 0.5) is 0 Å². The fourth-order valence-electron chi connectivity index (χ4n) is 2.06. The van der Waals surface area contributed by atoms with E-state index in [1.165, 1.54) is 11.1 Å². The molecular formula is C15H24O. The molecule has 0 saturated heterocycles. The lowest BCUT2D eigenvalue weighted by Crippen LogP contribution is -2.16. The zero-order chi connectivity index (χ0) is 12.1. The molecule has 0 radical (unpaired) electrons. The van der Waals surface area contributed by atoms with Crippen molar-refractivity contribution in [2.45, 2.75) is 52.6 Å². The molecular weight excluding hydrogens is 196 g/mol. The molecule has 0 aliphatic heterocycles. The first-order valence-corrected chi connectivity index (χ1v) is 6.16. The van der Waals surface area contributed by atoms with Crippen molar-refractivity contribution >= 4 is 0 Å². The van der Waals surface area contributed by atoms with Crippen molar-refractivity contribution in [3.05, 3.63) is 35.5 Å². The maximum absolute atomic E-state index is 10.1. The molecule has 16 heavy (non-hydrogen) atoms. The minimum absolute atomic E-state index is 0.298. The maximum atomic E-state index is 10.1. The molecule has 1 N–H and O–H groups in total. The summed E-state index contributed by atoms with van der Waals surface area (Å²) in [5.41, 5.74) is 3.74. The summed E-state index contributed by atoms with van der Waals surface area (Å²) in [6.07, 6.45) is 8.15. The zero-order valence-electron chi connectivity index (χ0n) is 10.8. The van der Waals surface area contributed by atoms with Crippen LogP contribution < -0.4 is 0 Å². The van der Waals surface area contributed by atoms with E-state index in [0.29, 0.717) is 5.92 Å².